The van der Waals surface area contributed by atoms with Crippen LogP contribution in [0.25, 0.3) is 0 Å². The number of nitrogens with one attached hydrogen (secondary N) is 1. The van der Waals surface area contributed by atoms with E-state index in [-0.39, 0.29) is 17.6 Å². The van der Waals surface area contributed by atoms with Gasteiger partial charge in [0.25, 0.3) is 0 Å². The SMILES string of the molecule is Oc1ccc2c(c1)C(Nc1cc(F)ccc1Br)CCC2. The first kappa shape index (κ1) is 13.4. The van der Waals surface area contributed by atoms with Crippen LogP contribution >= 0.6 is 15.9 Å². The van der Waals surface area contributed by atoms with E-state index in [9.17, 15) is 9.50 Å². The maximum atomic E-state index is 13.4. The van der Waals surface area contributed by atoms with Gasteiger partial charge in [0.2, 0.25) is 0 Å². The van der Waals surface area contributed by atoms with Crippen LogP contribution < -0.4 is 5.32 Å². The molecule has 2 N–H and O–H groups in total. The molecule has 3 rings (SSSR count). The maximum absolute atomic E-state index is 13.4. The number of anilines is 1. The molecule has 0 spiro atoms. The number of aryl methyl sites for hydroxylation is 1. The molecule has 1 aliphatic rings. The Morgan fingerprint density at radius 3 is 2.90 bits per heavy atom. The predicted octanol–water partition coefficient (Wildman–Crippen LogP) is 4.78. The molecule has 1 aliphatic carbocycles. The average Bonchev–Trinajstić information content (AvgIpc) is 2.43. The second-order valence-electron chi connectivity index (χ2n) is 5.10. The number of hydrogen-bond donors (Lipinski definition) is 2. The van der Waals surface area contributed by atoms with Crippen LogP contribution in [0.5, 0.6) is 5.75 Å². The Morgan fingerprint density at radius 2 is 2.05 bits per heavy atom. The van der Waals surface area contributed by atoms with Crippen LogP contribution in [0.15, 0.2) is 40.9 Å². The molecular weight excluding hydrogens is 321 g/mol. The van der Waals surface area contributed by atoms with Crippen LogP contribution in [0.2, 0.25) is 0 Å². The minimum absolute atomic E-state index is 0.101. The Labute approximate surface area is 125 Å². The molecule has 0 fully saturated rings. The van der Waals surface area contributed by atoms with Crippen molar-refractivity contribution in [1.29, 1.82) is 0 Å². The number of phenolic OH excluding ortho intramolecular Hbond substituents is 1. The summed E-state index contributed by atoms with van der Waals surface area (Å²) >= 11 is 3.43. The Hall–Kier alpha value is -1.55. The van der Waals surface area contributed by atoms with Crippen molar-refractivity contribution < 1.29 is 9.50 Å². The molecule has 2 nitrogen and oxygen atoms in total. The van der Waals surface area contributed by atoms with Crippen molar-refractivity contribution in [3.8, 4) is 5.75 Å². The minimum Gasteiger partial charge on any atom is -0.508 e. The second-order valence-corrected chi connectivity index (χ2v) is 5.95. The Kier molecular flexibility index (Phi) is 3.66. The van der Waals surface area contributed by atoms with Gasteiger partial charge in [-0.15, -0.1) is 0 Å². The normalized spacial score (nSPS) is 17.6. The fourth-order valence-electron chi connectivity index (χ4n) is 2.73. The summed E-state index contributed by atoms with van der Waals surface area (Å²) in [4.78, 5) is 0. The van der Waals surface area contributed by atoms with Gasteiger partial charge in [0.05, 0.1) is 11.7 Å². The lowest BCUT2D eigenvalue weighted by molar-refractivity contribution is 0.471. The van der Waals surface area contributed by atoms with E-state index in [1.54, 1.807) is 18.2 Å². The molecule has 0 bridgehead atoms. The van der Waals surface area contributed by atoms with E-state index in [0.29, 0.717) is 0 Å². The van der Waals surface area contributed by atoms with Crippen molar-refractivity contribution in [2.45, 2.75) is 25.3 Å². The standard InChI is InChI=1S/C16H15BrFNO/c17-14-7-5-11(18)8-16(14)19-15-3-1-2-10-4-6-12(20)9-13(10)15/h4-9,15,19-20H,1-3H2. The number of aromatic hydroxyl groups is 1. The first-order valence-electron chi connectivity index (χ1n) is 6.67. The zero-order valence-corrected chi connectivity index (χ0v) is 12.5. The van der Waals surface area contributed by atoms with E-state index < -0.39 is 0 Å². The number of benzene rings is 2. The summed E-state index contributed by atoms with van der Waals surface area (Å²) in [5.74, 6) is 0.0124. The zero-order chi connectivity index (χ0) is 14.1. The number of fused-ring (bicyclic) bond motifs is 1. The lowest BCUT2D eigenvalue weighted by Crippen LogP contribution is -2.17. The van der Waals surface area contributed by atoms with Crippen LogP contribution in [0.3, 0.4) is 0 Å². The van der Waals surface area contributed by atoms with Crippen LogP contribution in [-0.2, 0) is 6.42 Å². The quantitative estimate of drug-likeness (QED) is 0.827. The smallest absolute Gasteiger partial charge is 0.125 e. The fraction of sp³-hybridized carbons (Fsp3) is 0.250. The van der Waals surface area contributed by atoms with E-state index in [1.807, 2.05) is 6.07 Å². The van der Waals surface area contributed by atoms with E-state index in [2.05, 4.69) is 21.2 Å². The van der Waals surface area contributed by atoms with Crippen LogP contribution in [0, 0.1) is 5.82 Å². The van der Waals surface area contributed by atoms with Crippen LogP contribution in [0.4, 0.5) is 10.1 Å². The summed E-state index contributed by atoms with van der Waals surface area (Å²) in [7, 11) is 0. The molecule has 0 saturated carbocycles. The number of rotatable bonds is 2. The van der Waals surface area contributed by atoms with Gasteiger partial charge in [-0.1, -0.05) is 6.07 Å². The first-order valence-corrected chi connectivity index (χ1v) is 7.46. The highest BCUT2D eigenvalue weighted by Gasteiger charge is 2.21. The van der Waals surface area contributed by atoms with Gasteiger partial charge in [-0.05, 0) is 76.7 Å². The van der Waals surface area contributed by atoms with E-state index in [1.165, 1.54) is 17.7 Å². The van der Waals surface area contributed by atoms with Crippen LogP contribution in [-0.4, -0.2) is 5.11 Å². The summed E-state index contributed by atoms with van der Waals surface area (Å²) in [5, 5.41) is 13.0. The van der Waals surface area contributed by atoms with Gasteiger partial charge in [0.15, 0.2) is 0 Å². The molecule has 0 amide bonds. The van der Waals surface area contributed by atoms with E-state index >= 15 is 0 Å². The van der Waals surface area contributed by atoms with Gasteiger partial charge < -0.3 is 10.4 Å². The molecule has 1 atom stereocenters. The third-order valence-electron chi connectivity index (χ3n) is 3.70. The maximum Gasteiger partial charge on any atom is 0.125 e. The molecule has 1 unspecified atom stereocenters. The average molecular weight is 336 g/mol. The molecule has 0 saturated heterocycles. The molecule has 0 radical (unpaired) electrons. The van der Waals surface area contributed by atoms with Gasteiger partial charge in [0, 0.05) is 4.47 Å². The Morgan fingerprint density at radius 1 is 1.20 bits per heavy atom. The summed E-state index contributed by atoms with van der Waals surface area (Å²) < 4.78 is 14.2. The van der Waals surface area contributed by atoms with Crippen molar-refractivity contribution >= 4 is 21.6 Å². The molecule has 20 heavy (non-hydrogen) atoms. The third-order valence-corrected chi connectivity index (χ3v) is 4.39. The highest BCUT2D eigenvalue weighted by molar-refractivity contribution is 9.10. The second kappa shape index (κ2) is 5.44. The monoisotopic (exact) mass is 335 g/mol. The Bertz CT molecular complexity index is 644. The number of phenols is 1. The topological polar surface area (TPSA) is 32.3 Å². The van der Waals surface area contributed by atoms with Crippen molar-refractivity contribution in [2.24, 2.45) is 0 Å². The molecule has 2 aromatic rings. The summed E-state index contributed by atoms with van der Waals surface area (Å²) in [6.07, 6.45) is 3.08. The lowest BCUT2D eigenvalue weighted by atomic mass is 9.87. The molecule has 0 aromatic heterocycles. The third kappa shape index (κ3) is 2.66. The first-order chi connectivity index (χ1) is 9.63. The van der Waals surface area contributed by atoms with Gasteiger partial charge >= 0.3 is 0 Å². The zero-order valence-electron chi connectivity index (χ0n) is 10.9. The molecule has 4 heteroatoms. The van der Waals surface area contributed by atoms with Gasteiger partial charge in [0.1, 0.15) is 11.6 Å². The van der Waals surface area contributed by atoms with Crippen molar-refractivity contribution in [1.82, 2.24) is 0 Å². The fourth-order valence-corrected chi connectivity index (χ4v) is 3.09. The highest BCUT2D eigenvalue weighted by atomic mass is 79.9. The minimum atomic E-state index is -0.261. The van der Waals surface area contributed by atoms with Crippen LogP contribution in [0.1, 0.15) is 30.0 Å². The molecule has 2 aromatic carbocycles. The molecular formula is C16H15BrFNO. The largest absolute Gasteiger partial charge is 0.508 e. The summed E-state index contributed by atoms with van der Waals surface area (Å²) in [6.45, 7) is 0. The van der Waals surface area contributed by atoms with Crippen molar-refractivity contribution in [3.05, 3.63) is 57.8 Å². The Balaban J connectivity index is 1.93. The molecule has 0 heterocycles. The van der Waals surface area contributed by atoms with Crippen molar-refractivity contribution in [2.75, 3.05) is 5.32 Å². The van der Waals surface area contributed by atoms with Crippen molar-refractivity contribution in [3.63, 3.8) is 0 Å². The molecule has 104 valence electrons. The highest BCUT2D eigenvalue weighted by Crippen LogP contribution is 2.36. The predicted molar refractivity (Wildman–Crippen MR) is 81.5 cm³/mol. The summed E-state index contributed by atoms with van der Waals surface area (Å²) in [6, 6.07) is 10.2. The van der Waals surface area contributed by atoms with Gasteiger partial charge in [-0.2, -0.15) is 0 Å². The van der Waals surface area contributed by atoms with E-state index in [4.69, 9.17) is 0 Å². The number of halogens is 2. The molecule has 0 aliphatic heterocycles. The van der Waals surface area contributed by atoms with Gasteiger partial charge in [-0.3, -0.25) is 0 Å². The lowest BCUT2D eigenvalue weighted by Gasteiger charge is -2.27. The van der Waals surface area contributed by atoms with E-state index in [0.717, 1.165) is 35.0 Å². The summed E-state index contributed by atoms with van der Waals surface area (Å²) in [5.41, 5.74) is 3.10. The number of hydrogen-bond acceptors (Lipinski definition) is 2. The van der Waals surface area contributed by atoms with Gasteiger partial charge in [-0.25, -0.2) is 4.39 Å².